The third-order valence-corrected chi connectivity index (χ3v) is 2.61. The minimum absolute atomic E-state index is 0.288. The molecular weight excluding hydrogens is 200 g/mol. The van der Waals surface area contributed by atoms with Gasteiger partial charge >= 0.3 is 0 Å². The molecule has 2 aromatic carbocycles. The van der Waals surface area contributed by atoms with Crippen molar-refractivity contribution in [3.05, 3.63) is 48.0 Å². The maximum Gasteiger partial charge on any atom is 0.126 e. The molecular formula is C14H14O2. The molecule has 0 radical (unpaired) electrons. The van der Waals surface area contributed by atoms with E-state index in [0.717, 1.165) is 22.4 Å². The smallest absolute Gasteiger partial charge is 0.126 e. The van der Waals surface area contributed by atoms with Gasteiger partial charge in [-0.1, -0.05) is 24.3 Å². The van der Waals surface area contributed by atoms with E-state index in [0.29, 0.717) is 0 Å². The topological polar surface area (TPSA) is 29.5 Å². The van der Waals surface area contributed by atoms with E-state index in [9.17, 15) is 5.11 Å². The van der Waals surface area contributed by atoms with Crippen LogP contribution in [0.1, 0.15) is 5.56 Å². The monoisotopic (exact) mass is 214 g/mol. The van der Waals surface area contributed by atoms with E-state index in [2.05, 4.69) is 0 Å². The normalized spacial score (nSPS) is 10.1. The summed E-state index contributed by atoms with van der Waals surface area (Å²) in [5.41, 5.74) is 3.15. The van der Waals surface area contributed by atoms with Crippen LogP contribution in [-0.2, 0) is 0 Å². The van der Waals surface area contributed by atoms with Gasteiger partial charge in [-0.25, -0.2) is 0 Å². The van der Waals surface area contributed by atoms with Crippen molar-refractivity contribution in [2.75, 3.05) is 7.11 Å². The van der Waals surface area contributed by atoms with Crippen LogP contribution in [0.3, 0.4) is 0 Å². The number of phenolic OH excluding ortho intramolecular Hbond substituents is 1. The zero-order valence-corrected chi connectivity index (χ0v) is 9.40. The van der Waals surface area contributed by atoms with Crippen molar-refractivity contribution in [1.82, 2.24) is 0 Å². The molecule has 0 heterocycles. The number of hydrogen-bond donors (Lipinski definition) is 1. The van der Waals surface area contributed by atoms with E-state index >= 15 is 0 Å². The SMILES string of the molecule is COc1ccccc1-c1ccc(O)cc1C. The molecule has 2 rings (SSSR count). The van der Waals surface area contributed by atoms with Crippen LogP contribution in [0.4, 0.5) is 0 Å². The van der Waals surface area contributed by atoms with Crippen molar-refractivity contribution in [3.63, 3.8) is 0 Å². The number of aromatic hydroxyl groups is 1. The fraction of sp³-hybridized carbons (Fsp3) is 0.143. The van der Waals surface area contributed by atoms with Crippen molar-refractivity contribution in [1.29, 1.82) is 0 Å². The summed E-state index contributed by atoms with van der Waals surface area (Å²) in [4.78, 5) is 0. The Balaban J connectivity index is 2.58. The van der Waals surface area contributed by atoms with Crippen LogP contribution in [0.25, 0.3) is 11.1 Å². The second-order valence-corrected chi connectivity index (χ2v) is 3.70. The maximum absolute atomic E-state index is 9.38. The van der Waals surface area contributed by atoms with Crippen LogP contribution < -0.4 is 4.74 Å². The quantitative estimate of drug-likeness (QED) is 0.830. The van der Waals surface area contributed by atoms with Crippen molar-refractivity contribution >= 4 is 0 Å². The minimum Gasteiger partial charge on any atom is -0.508 e. The molecule has 0 amide bonds. The van der Waals surface area contributed by atoms with Gasteiger partial charge in [0, 0.05) is 5.56 Å². The van der Waals surface area contributed by atoms with Crippen molar-refractivity contribution in [2.24, 2.45) is 0 Å². The first-order valence-electron chi connectivity index (χ1n) is 5.15. The lowest BCUT2D eigenvalue weighted by molar-refractivity contribution is 0.416. The molecule has 0 saturated carbocycles. The first-order chi connectivity index (χ1) is 7.72. The molecule has 2 aromatic rings. The number of ether oxygens (including phenoxy) is 1. The number of phenols is 1. The van der Waals surface area contributed by atoms with Crippen molar-refractivity contribution in [2.45, 2.75) is 6.92 Å². The summed E-state index contributed by atoms with van der Waals surface area (Å²) < 4.78 is 5.32. The fourth-order valence-electron chi connectivity index (χ4n) is 1.82. The summed E-state index contributed by atoms with van der Waals surface area (Å²) in [6.45, 7) is 1.97. The van der Waals surface area contributed by atoms with Crippen LogP contribution in [-0.4, -0.2) is 12.2 Å². The highest BCUT2D eigenvalue weighted by Crippen LogP contribution is 2.33. The summed E-state index contributed by atoms with van der Waals surface area (Å²) in [5, 5.41) is 9.38. The maximum atomic E-state index is 9.38. The lowest BCUT2D eigenvalue weighted by Gasteiger charge is -2.10. The van der Waals surface area contributed by atoms with Gasteiger partial charge in [-0.2, -0.15) is 0 Å². The summed E-state index contributed by atoms with van der Waals surface area (Å²) in [5.74, 6) is 1.13. The second kappa shape index (κ2) is 4.27. The molecule has 0 unspecified atom stereocenters. The van der Waals surface area contributed by atoms with Gasteiger partial charge in [-0.15, -0.1) is 0 Å². The zero-order valence-electron chi connectivity index (χ0n) is 9.40. The predicted molar refractivity (Wildman–Crippen MR) is 64.8 cm³/mol. The van der Waals surface area contributed by atoms with Gasteiger partial charge in [0.05, 0.1) is 7.11 Å². The van der Waals surface area contributed by atoms with Gasteiger partial charge in [-0.05, 0) is 36.2 Å². The summed E-state index contributed by atoms with van der Waals surface area (Å²) >= 11 is 0. The molecule has 1 N–H and O–H groups in total. The molecule has 82 valence electrons. The third-order valence-electron chi connectivity index (χ3n) is 2.61. The van der Waals surface area contributed by atoms with Gasteiger partial charge in [0.2, 0.25) is 0 Å². The Kier molecular flexibility index (Phi) is 2.82. The molecule has 0 atom stereocenters. The highest BCUT2D eigenvalue weighted by atomic mass is 16.5. The number of hydrogen-bond acceptors (Lipinski definition) is 2. The van der Waals surface area contributed by atoms with E-state index < -0.39 is 0 Å². The average molecular weight is 214 g/mol. The molecule has 2 nitrogen and oxygen atoms in total. The van der Waals surface area contributed by atoms with E-state index in [1.54, 1.807) is 19.2 Å². The van der Waals surface area contributed by atoms with Crippen LogP contribution >= 0.6 is 0 Å². The molecule has 2 heteroatoms. The molecule has 0 bridgehead atoms. The van der Waals surface area contributed by atoms with E-state index in [4.69, 9.17) is 4.74 Å². The van der Waals surface area contributed by atoms with Crippen molar-refractivity contribution in [3.8, 4) is 22.6 Å². The van der Waals surface area contributed by atoms with Crippen LogP contribution in [0.2, 0.25) is 0 Å². The largest absolute Gasteiger partial charge is 0.508 e. The Hall–Kier alpha value is -1.96. The molecule has 0 spiro atoms. The lowest BCUT2D eigenvalue weighted by atomic mass is 9.99. The van der Waals surface area contributed by atoms with Crippen LogP contribution in [0.15, 0.2) is 42.5 Å². The van der Waals surface area contributed by atoms with Gasteiger partial charge in [0.15, 0.2) is 0 Å². The summed E-state index contributed by atoms with van der Waals surface area (Å²) in [6, 6.07) is 13.2. The highest BCUT2D eigenvalue weighted by molar-refractivity contribution is 5.73. The molecule has 16 heavy (non-hydrogen) atoms. The second-order valence-electron chi connectivity index (χ2n) is 3.70. The summed E-state index contributed by atoms with van der Waals surface area (Å²) in [7, 11) is 1.66. The minimum atomic E-state index is 0.288. The van der Waals surface area contributed by atoms with Crippen molar-refractivity contribution < 1.29 is 9.84 Å². The molecule has 0 aliphatic heterocycles. The summed E-state index contributed by atoms with van der Waals surface area (Å²) in [6.07, 6.45) is 0. The highest BCUT2D eigenvalue weighted by Gasteiger charge is 2.07. The number of rotatable bonds is 2. The third kappa shape index (κ3) is 1.87. The van der Waals surface area contributed by atoms with Gasteiger partial charge < -0.3 is 9.84 Å². The Labute approximate surface area is 95.1 Å². The Bertz CT molecular complexity index is 504. The van der Waals surface area contributed by atoms with Gasteiger partial charge in [0.1, 0.15) is 11.5 Å². The molecule has 0 aliphatic rings. The molecule has 0 aromatic heterocycles. The number of aryl methyl sites for hydroxylation is 1. The van der Waals surface area contributed by atoms with E-state index in [1.165, 1.54) is 0 Å². The first kappa shape index (κ1) is 10.6. The fourth-order valence-corrected chi connectivity index (χ4v) is 1.82. The first-order valence-corrected chi connectivity index (χ1v) is 5.15. The number of para-hydroxylation sites is 1. The Morgan fingerprint density at radius 3 is 2.44 bits per heavy atom. The van der Waals surface area contributed by atoms with E-state index in [-0.39, 0.29) is 5.75 Å². The number of benzene rings is 2. The molecule has 0 saturated heterocycles. The molecule has 0 aliphatic carbocycles. The van der Waals surface area contributed by atoms with E-state index in [1.807, 2.05) is 37.3 Å². The van der Waals surface area contributed by atoms with Gasteiger partial charge in [0.25, 0.3) is 0 Å². The van der Waals surface area contributed by atoms with Crippen LogP contribution in [0.5, 0.6) is 11.5 Å². The average Bonchev–Trinajstić information content (AvgIpc) is 2.29. The standard InChI is InChI=1S/C14H14O2/c1-10-9-11(15)7-8-12(10)13-5-3-4-6-14(13)16-2/h3-9,15H,1-2H3. The lowest BCUT2D eigenvalue weighted by Crippen LogP contribution is -1.89. The number of methoxy groups -OCH3 is 1. The molecule has 0 fully saturated rings. The Morgan fingerprint density at radius 1 is 1.00 bits per heavy atom. The predicted octanol–water partition coefficient (Wildman–Crippen LogP) is 3.38. The van der Waals surface area contributed by atoms with Crippen LogP contribution in [0, 0.1) is 6.92 Å². The Morgan fingerprint density at radius 2 is 1.75 bits per heavy atom. The zero-order chi connectivity index (χ0) is 11.5. The van der Waals surface area contributed by atoms with Gasteiger partial charge in [-0.3, -0.25) is 0 Å².